The molecule has 0 aliphatic carbocycles. The minimum atomic E-state index is 0.117. The highest BCUT2D eigenvalue weighted by Crippen LogP contribution is 2.05. The van der Waals surface area contributed by atoms with Gasteiger partial charge in [-0.1, -0.05) is 55.5 Å². The van der Waals surface area contributed by atoms with Crippen molar-refractivity contribution in [2.45, 2.75) is 33.7 Å². The third-order valence-corrected chi connectivity index (χ3v) is 3.51. The van der Waals surface area contributed by atoms with Crippen molar-refractivity contribution in [1.29, 1.82) is 0 Å². The summed E-state index contributed by atoms with van der Waals surface area (Å²) in [6, 6.07) is 15.4. The molecule has 0 fully saturated rings. The monoisotopic (exact) mass is 311 g/mol. The van der Waals surface area contributed by atoms with E-state index in [9.17, 15) is 9.59 Å². The molecule has 2 rings (SSSR count). The number of carbonyl (C=O) groups is 2. The molecular formula is C20H25NO2. The van der Waals surface area contributed by atoms with E-state index < -0.39 is 0 Å². The normalized spacial score (nSPS) is 9.74. The predicted octanol–water partition coefficient (Wildman–Crippen LogP) is 4.06. The van der Waals surface area contributed by atoms with Gasteiger partial charge in [0.15, 0.2) is 11.6 Å². The van der Waals surface area contributed by atoms with Gasteiger partial charge in [-0.15, -0.1) is 0 Å². The molecule has 0 aliphatic rings. The summed E-state index contributed by atoms with van der Waals surface area (Å²) in [5.41, 5.74) is 4.04. The van der Waals surface area contributed by atoms with Crippen LogP contribution < -0.4 is 5.32 Å². The van der Waals surface area contributed by atoms with Crippen molar-refractivity contribution in [3.8, 4) is 0 Å². The minimum absolute atomic E-state index is 0.117. The summed E-state index contributed by atoms with van der Waals surface area (Å²) in [6.45, 7) is 6.11. The molecule has 0 bridgehead atoms. The van der Waals surface area contributed by atoms with Crippen LogP contribution in [0.3, 0.4) is 0 Å². The lowest BCUT2D eigenvalue weighted by Gasteiger charge is -2.00. The van der Waals surface area contributed by atoms with Gasteiger partial charge in [0.05, 0.1) is 0 Å². The second-order valence-corrected chi connectivity index (χ2v) is 5.39. The fourth-order valence-corrected chi connectivity index (χ4v) is 2.04. The lowest BCUT2D eigenvalue weighted by Crippen LogP contribution is -2.05. The molecule has 1 N–H and O–H groups in total. The Bertz CT molecular complexity index is 628. The van der Waals surface area contributed by atoms with Gasteiger partial charge < -0.3 is 5.32 Å². The number of rotatable bonds is 5. The summed E-state index contributed by atoms with van der Waals surface area (Å²) in [6.07, 6.45) is 1.03. The van der Waals surface area contributed by atoms with Crippen LogP contribution in [-0.4, -0.2) is 18.6 Å². The van der Waals surface area contributed by atoms with Gasteiger partial charge in [0, 0.05) is 17.7 Å². The molecule has 3 nitrogen and oxygen atoms in total. The highest BCUT2D eigenvalue weighted by molar-refractivity contribution is 5.94. The topological polar surface area (TPSA) is 46.2 Å². The third-order valence-electron chi connectivity index (χ3n) is 3.51. The molecule has 3 heteroatoms. The van der Waals surface area contributed by atoms with Crippen molar-refractivity contribution >= 4 is 11.6 Å². The summed E-state index contributed by atoms with van der Waals surface area (Å²) >= 11 is 0. The molecule has 0 heterocycles. The molecular weight excluding hydrogens is 286 g/mol. The number of ketones is 2. The maximum absolute atomic E-state index is 10.9. The number of nitrogens with one attached hydrogen (secondary N) is 1. The van der Waals surface area contributed by atoms with Gasteiger partial charge in [0.2, 0.25) is 0 Å². The Morgan fingerprint density at radius 1 is 0.783 bits per heavy atom. The van der Waals surface area contributed by atoms with Crippen molar-refractivity contribution in [2.24, 2.45) is 0 Å². The molecule has 0 saturated heterocycles. The summed E-state index contributed by atoms with van der Waals surface area (Å²) < 4.78 is 0. The van der Waals surface area contributed by atoms with Gasteiger partial charge in [-0.05, 0) is 38.4 Å². The van der Waals surface area contributed by atoms with E-state index >= 15 is 0 Å². The zero-order valence-corrected chi connectivity index (χ0v) is 14.3. The van der Waals surface area contributed by atoms with Gasteiger partial charge >= 0.3 is 0 Å². The van der Waals surface area contributed by atoms with Gasteiger partial charge in [-0.3, -0.25) is 9.59 Å². The lowest BCUT2D eigenvalue weighted by molar-refractivity contribution is 0.100. The molecule has 122 valence electrons. The van der Waals surface area contributed by atoms with Crippen LogP contribution in [0, 0.1) is 0 Å². The van der Waals surface area contributed by atoms with E-state index in [1.54, 1.807) is 13.8 Å². The van der Waals surface area contributed by atoms with Crippen LogP contribution in [0.5, 0.6) is 0 Å². The van der Waals surface area contributed by atoms with Gasteiger partial charge in [-0.2, -0.15) is 0 Å². The molecule has 0 radical (unpaired) electrons. The molecule has 0 aromatic heterocycles. The maximum Gasteiger partial charge on any atom is 0.159 e. The zero-order chi connectivity index (χ0) is 17.2. The molecule has 23 heavy (non-hydrogen) atoms. The highest BCUT2D eigenvalue weighted by atomic mass is 16.1. The number of Topliss-reactive ketones (excluding diaryl/α,β-unsaturated/α-hetero) is 2. The van der Waals surface area contributed by atoms with E-state index in [0.717, 1.165) is 24.1 Å². The Hall–Kier alpha value is -2.26. The van der Waals surface area contributed by atoms with Gasteiger partial charge in [0.1, 0.15) is 0 Å². The maximum atomic E-state index is 10.9. The Kier molecular flexibility index (Phi) is 7.92. The predicted molar refractivity (Wildman–Crippen MR) is 95.0 cm³/mol. The van der Waals surface area contributed by atoms with Crippen LogP contribution in [0.2, 0.25) is 0 Å². The molecule has 2 aromatic carbocycles. The first-order valence-corrected chi connectivity index (χ1v) is 7.82. The molecule has 0 saturated carbocycles. The second kappa shape index (κ2) is 9.70. The molecule has 2 aromatic rings. The molecule has 0 aliphatic heterocycles. The Balaban J connectivity index is 0.000000231. The largest absolute Gasteiger partial charge is 0.316 e. The van der Waals surface area contributed by atoms with Crippen molar-refractivity contribution in [1.82, 2.24) is 5.32 Å². The third kappa shape index (κ3) is 6.57. The summed E-state index contributed by atoms with van der Waals surface area (Å²) in [7, 11) is 1.90. The van der Waals surface area contributed by atoms with Crippen molar-refractivity contribution in [2.75, 3.05) is 7.05 Å². The minimum Gasteiger partial charge on any atom is -0.316 e. The Morgan fingerprint density at radius 3 is 1.48 bits per heavy atom. The summed E-state index contributed by atoms with van der Waals surface area (Å²) in [4.78, 5) is 21.7. The zero-order valence-electron chi connectivity index (χ0n) is 14.3. The van der Waals surface area contributed by atoms with Crippen LogP contribution in [0.1, 0.15) is 52.6 Å². The van der Waals surface area contributed by atoms with Crippen LogP contribution >= 0.6 is 0 Å². The SMILES string of the molecule is CCc1ccc(C(C)=O)cc1.CNCc1ccc(C(C)=O)cc1. The smallest absolute Gasteiger partial charge is 0.159 e. The molecule has 0 unspecified atom stereocenters. The van der Waals surface area contributed by atoms with E-state index in [-0.39, 0.29) is 11.6 Å². The van der Waals surface area contributed by atoms with E-state index in [1.807, 2.05) is 55.6 Å². The summed E-state index contributed by atoms with van der Waals surface area (Å²) in [5.74, 6) is 0.249. The number of hydrogen-bond acceptors (Lipinski definition) is 3. The van der Waals surface area contributed by atoms with Crippen molar-refractivity contribution in [3.63, 3.8) is 0 Å². The lowest BCUT2D eigenvalue weighted by atomic mass is 10.1. The van der Waals surface area contributed by atoms with Crippen LogP contribution in [-0.2, 0) is 13.0 Å². The van der Waals surface area contributed by atoms with Crippen LogP contribution in [0.15, 0.2) is 48.5 Å². The van der Waals surface area contributed by atoms with Crippen LogP contribution in [0.25, 0.3) is 0 Å². The first-order valence-electron chi connectivity index (χ1n) is 7.82. The molecule has 0 amide bonds. The highest BCUT2D eigenvalue weighted by Gasteiger charge is 1.97. The standard InChI is InChI=1S/C10H13NO.C10H12O/c1-8(12)10-5-3-9(4-6-10)7-11-2;1-3-9-4-6-10(7-5-9)8(2)11/h3-6,11H,7H2,1-2H3;4-7H,3H2,1-2H3. The quantitative estimate of drug-likeness (QED) is 0.847. The first-order chi connectivity index (χ1) is 11.0. The van der Waals surface area contributed by atoms with Gasteiger partial charge in [-0.25, -0.2) is 0 Å². The average Bonchev–Trinajstić information content (AvgIpc) is 2.56. The van der Waals surface area contributed by atoms with E-state index in [1.165, 1.54) is 11.1 Å². The first kappa shape index (κ1) is 18.8. The Morgan fingerprint density at radius 2 is 1.17 bits per heavy atom. The van der Waals surface area contributed by atoms with Gasteiger partial charge in [0.25, 0.3) is 0 Å². The number of carbonyl (C=O) groups excluding carboxylic acids is 2. The van der Waals surface area contributed by atoms with Crippen LogP contribution in [0.4, 0.5) is 0 Å². The van der Waals surface area contributed by atoms with E-state index in [2.05, 4.69) is 12.2 Å². The second-order valence-electron chi connectivity index (χ2n) is 5.39. The fraction of sp³-hybridized carbons (Fsp3) is 0.300. The molecule has 0 spiro atoms. The summed E-state index contributed by atoms with van der Waals surface area (Å²) in [5, 5.41) is 3.05. The number of aryl methyl sites for hydroxylation is 1. The number of benzene rings is 2. The fourth-order valence-electron chi connectivity index (χ4n) is 2.04. The van der Waals surface area contributed by atoms with E-state index in [4.69, 9.17) is 0 Å². The Labute approximate surface area is 138 Å². The van der Waals surface area contributed by atoms with E-state index in [0.29, 0.717) is 0 Å². The number of hydrogen-bond donors (Lipinski definition) is 1. The average molecular weight is 311 g/mol. The van der Waals surface area contributed by atoms with Crippen molar-refractivity contribution in [3.05, 3.63) is 70.8 Å². The molecule has 0 atom stereocenters. The van der Waals surface area contributed by atoms with Crippen molar-refractivity contribution < 1.29 is 9.59 Å².